The van der Waals surface area contributed by atoms with Crippen molar-refractivity contribution in [3.63, 3.8) is 0 Å². The van der Waals surface area contributed by atoms with Crippen LogP contribution >= 0.6 is 0 Å². The van der Waals surface area contributed by atoms with E-state index in [2.05, 4.69) is 5.32 Å². The Balaban J connectivity index is 1.47. The summed E-state index contributed by atoms with van der Waals surface area (Å²) >= 11 is 0. The maximum Gasteiger partial charge on any atom is 0.248 e. The van der Waals surface area contributed by atoms with Crippen LogP contribution in [0.3, 0.4) is 0 Å². The second kappa shape index (κ2) is 7.84. The number of ether oxygens (including phenoxy) is 1. The molecule has 3 aliphatic rings. The quantitative estimate of drug-likeness (QED) is 0.731. The molecule has 31 heavy (non-hydrogen) atoms. The first-order valence-electron chi connectivity index (χ1n) is 10.9. The van der Waals surface area contributed by atoms with Gasteiger partial charge in [-0.15, -0.1) is 0 Å². The van der Waals surface area contributed by atoms with Crippen LogP contribution in [-0.2, 0) is 20.8 Å². The van der Waals surface area contributed by atoms with Crippen molar-refractivity contribution >= 4 is 23.4 Å². The molecule has 5 rings (SSSR count). The van der Waals surface area contributed by atoms with Crippen LogP contribution in [0.15, 0.2) is 54.6 Å². The number of para-hydroxylation sites is 2. The largest absolute Gasteiger partial charge is 0.495 e. The van der Waals surface area contributed by atoms with Crippen LogP contribution in [0.2, 0.25) is 0 Å². The van der Waals surface area contributed by atoms with Gasteiger partial charge in [0, 0.05) is 6.42 Å². The SMILES string of the molecule is COc1ccccc1NC(=O)[C@@H](Cc1ccccc1)N1C(=O)[C@H]2[C@H]3CC[C@@H](C3)[C@@H]2C1=O. The van der Waals surface area contributed by atoms with Crippen LogP contribution in [0.4, 0.5) is 5.69 Å². The van der Waals surface area contributed by atoms with Gasteiger partial charge in [0.25, 0.3) is 0 Å². The first kappa shape index (κ1) is 19.8. The van der Waals surface area contributed by atoms with Gasteiger partial charge in [0.15, 0.2) is 0 Å². The number of hydrogen-bond donors (Lipinski definition) is 1. The molecular weight excluding hydrogens is 392 g/mol. The zero-order valence-corrected chi connectivity index (χ0v) is 17.5. The monoisotopic (exact) mass is 418 g/mol. The van der Waals surface area contributed by atoms with Gasteiger partial charge < -0.3 is 10.1 Å². The number of fused-ring (bicyclic) bond motifs is 5. The van der Waals surface area contributed by atoms with Crippen LogP contribution < -0.4 is 10.1 Å². The molecule has 2 aliphatic carbocycles. The van der Waals surface area contributed by atoms with Crippen LogP contribution in [-0.4, -0.2) is 35.8 Å². The Hall–Kier alpha value is -3.15. The number of methoxy groups -OCH3 is 1. The number of benzene rings is 2. The summed E-state index contributed by atoms with van der Waals surface area (Å²) in [7, 11) is 1.54. The molecule has 3 amide bonds. The van der Waals surface area contributed by atoms with Crippen LogP contribution in [0.25, 0.3) is 0 Å². The van der Waals surface area contributed by atoms with E-state index in [4.69, 9.17) is 4.74 Å². The topological polar surface area (TPSA) is 75.7 Å². The summed E-state index contributed by atoms with van der Waals surface area (Å²) in [6, 6.07) is 15.8. The average Bonchev–Trinajstić information content (AvgIpc) is 3.47. The van der Waals surface area contributed by atoms with Gasteiger partial charge >= 0.3 is 0 Å². The van der Waals surface area contributed by atoms with Gasteiger partial charge in [-0.25, -0.2) is 0 Å². The van der Waals surface area contributed by atoms with E-state index in [1.807, 2.05) is 36.4 Å². The summed E-state index contributed by atoms with van der Waals surface area (Å²) in [5.41, 5.74) is 1.43. The third-order valence-corrected chi connectivity index (χ3v) is 7.21. The smallest absolute Gasteiger partial charge is 0.248 e. The van der Waals surface area contributed by atoms with Crippen molar-refractivity contribution in [2.75, 3.05) is 12.4 Å². The molecule has 2 bridgehead atoms. The first-order valence-corrected chi connectivity index (χ1v) is 10.9. The van der Waals surface area contributed by atoms with Gasteiger partial charge in [-0.05, 0) is 48.8 Å². The molecule has 6 heteroatoms. The van der Waals surface area contributed by atoms with Crippen LogP contribution in [0.5, 0.6) is 5.75 Å². The lowest BCUT2D eigenvalue weighted by molar-refractivity contribution is -0.147. The molecule has 0 unspecified atom stereocenters. The highest BCUT2D eigenvalue weighted by molar-refractivity contribution is 6.10. The number of carbonyl (C=O) groups excluding carboxylic acids is 3. The molecule has 0 aromatic heterocycles. The van der Waals surface area contributed by atoms with E-state index in [0.717, 1.165) is 24.8 Å². The Morgan fingerprint density at radius 3 is 2.26 bits per heavy atom. The molecule has 2 aromatic carbocycles. The molecule has 1 N–H and O–H groups in total. The predicted octanol–water partition coefficient (Wildman–Crippen LogP) is 3.28. The van der Waals surface area contributed by atoms with E-state index in [1.54, 1.807) is 18.2 Å². The fraction of sp³-hybridized carbons (Fsp3) is 0.400. The second-order valence-corrected chi connectivity index (χ2v) is 8.83. The number of nitrogens with zero attached hydrogens (tertiary/aromatic N) is 1. The number of likely N-dealkylation sites (tertiary alicyclic amines) is 1. The lowest BCUT2D eigenvalue weighted by Crippen LogP contribution is -2.49. The van der Waals surface area contributed by atoms with Crippen LogP contribution in [0.1, 0.15) is 24.8 Å². The van der Waals surface area contributed by atoms with Gasteiger partial charge in [-0.1, -0.05) is 42.5 Å². The maximum atomic E-state index is 13.4. The second-order valence-electron chi connectivity index (χ2n) is 8.83. The van der Waals surface area contributed by atoms with Crippen molar-refractivity contribution < 1.29 is 19.1 Å². The standard InChI is InChI=1S/C25H26N2O4/c1-31-20-10-6-5-9-18(20)26-23(28)19(13-15-7-3-2-4-8-15)27-24(29)21-16-11-12-17(14-16)22(21)25(27)30/h2-10,16-17,19,21-22H,11-14H2,1H3,(H,26,28)/t16-,17-,19+,21-,22-/m0/s1. The summed E-state index contributed by atoms with van der Waals surface area (Å²) in [5.74, 6) is -0.105. The number of imide groups is 1. The minimum Gasteiger partial charge on any atom is -0.495 e. The normalized spacial score (nSPS) is 27.3. The Labute approximate surface area is 181 Å². The highest BCUT2D eigenvalue weighted by atomic mass is 16.5. The van der Waals surface area contributed by atoms with Crippen molar-refractivity contribution in [1.82, 2.24) is 4.90 Å². The Morgan fingerprint density at radius 1 is 1.00 bits per heavy atom. The van der Waals surface area contributed by atoms with Gasteiger partial charge in [0.05, 0.1) is 24.6 Å². The van der Waals surface area contributed by atoms with Gasteiger partial charge in [-0.3, -0.25) is 19.3 Å². The van der Waals surface area contributed by atoms with Crippen molar-refractivity contribution in [2.45, 2.75) is 31.7 Å². The number of carbonyl (C=O) groups is 3. The number of nitrogens with one attached hydrogen (secondary N) is 1. The Morgan fingerprint density at radius 2 is 1.61 bits per heavy atom. The van der Waals surface area contributed by atoms with E-state index >= 15 is 0 Å². The summed E-state index contributed by atoms with van der Waals surface area (Å²) < 4.78 is 5.35. The Bertz CT molecular complexity index is 993. The average molecular weight is 418 g/mol. The summed E-state index contributed by atoms with van der Waals surface area (Å²) in [4.78, 5) is 41.5. The Kier molecular flexibility index (Phi) is 5.00. The third-order valence-electron chi connectivity index (χ3n) is 7.21. The third kappa shape index (κ3) is 3.30. The molecule has 1 saturated heterocycles. The zero-order valence-electron chi connectivity index (χ0n) is 17.5. The molecule has 1 aliphatic heterocycles. The minimum atomic E-state index is -0.891. The number of amides is 3. The molecular formula is C25H26N2O4. The molecule has 6 nitrogen and oxygen atoms in total. The van der Waals surface area contributed by atoms with Crippen molar-refractivity contribution in [3.05, 3.63) is 60.2 Å². The summed E-state index contributed by atoms with van der Waals surface area (Å²) in [6.45, 7) is 0. The number of rotatable bonds is 6. The van der Waals surface area contributed by atoms with Crippen molar-refractivity contribution in [3.8, 4) is 5.75 Å². The summed E-state index contributed by atoms with van der Waals surface area (Å²) in [6.07, 6.45) is 3.27. The molecule has 160 valence electrons. The fourth-order valence-electron chi connectivity index (χ4n) is 5.84. The van der Waals surface area contributed by atoms with E-state index in [1.165, 1.54) is 12.0 Å². The highest BCUT2D eigenvalue weighted by Crippen LogP contribution is 2.56. The van der Waals surface area contributed by atoms with E-state index in [9.17, 15) is 14.4 Å². The number of hydrogen-bond acceptors (Lipinski definition) is 4. The van der Waals surface area contributed by atoms with E-state index in [0.29, 0.717) is 11.4 Å². The highest BCUT2D eigenvalue weighted by Gasteiger charge is 2.62. The zero-order chi connectivity index (χ0) is 21.5. The lowest BCUT2D eigenvalue weighted by atomic mass is 9.81. The molecule has 5 atom stereocenters. The predicted molar refractivity (Wildman–Crippen MR) is 115 cm³/mol. The molecule has 1 heterocycles. The van der Waals surface area contributed by atoms with E-state index in [-0.39, 0.29) is 47.8 Å². The van der Waals surface area contributed by atoms with Crippen molar-refractivity contribution in [2.24, 2.45) is 23.7 Å². The lowest BCUT2D eigenvalue weighted by Gasteiger charge is -2.27. The van der Waals surface area contributed by atoms with Crippen molar-refractivity contribution in [1.29, 1.82) is 0 Å². The van der Waals surface area contributed by atoms with Crippen LogP contribution in [0, 0.1) is 23.7 Å². The maximum absolute atomic E-state index is 13.4. The van der Waals surface area contributed by atoms with E-state index < -0.39 is 6.04 Å². The number of anilines is 1. The van der Waals surface area contributed by atoms with Gasteiger partial charge in [-0.2, -0.15) is 0 Å². The van der Waals surface area contributed by atoms with Gasteiger partial charge in [0.2, 0.25) is 17.7 Å². The first-order chi connectivity index (χ1) is 15.1. The molecule has 3 fully saturated rings. The molecule has 2 aromatic rings. The minimum absolute atomic E-state index is 0.168. The van der Waals surface area contributed by atoms with Gasteiger partial charge in [0.1, 0.15) is 11.8 Å². The summed E-state index contributed by atoms with van der Waals surface area (Å²) in [5, 5.41) is 2.89. The molecule has 0 spiro atoms. The molecule has 2 saturated carbocycles. The fourth-order valence-corrected chi connectivity index (χ4v) is 5.84. The molecule has 0 radical (unpaired) electrons.